The van der Waals surface area contributed by atoms with Crippen LogP contribution in [-0.2, 0) is 0 Å². The summed E-state index contributed by atoms with van der Waals surface area (Å²) < 4.78 is 5.79. The normalized spacial score (nSPS) is 16.4. The van der Waals surface area contributed by atoms with E-state index in [2.05, 4.69) is 62.1 Å². The number of ether oxygens (including phenoxy) is 1. The van der Waals surface area contributed by atoms with Crippen molar-refractivity contribution in [1.29, 1.82) is 0 Å². The molecule has 3 aromatic carbocycles. The molecule has 3 heteroatoms. The molecule has 0 spiro atoms. The van der Waals surface area contributed by atoms with E-state index in [-0.39, 0.29) is 0 Å². The monoisotopic (exact) mass is 401 g/mol. The highest BCUT2D eigenvalue weighted by molar-refractivity contribution is 5.70. The first-order valence-electron chi connectivity index (χ1n) is 11.0. The van der Waals surface area contributed by atoms with Crippen molar-refractivity contribution in [3.05, 3.63) is 78.4 Å². The Kier molecular flexibility index (Phi) is 6.10. The van der Waals surface area contributed by atoms with Crippen LogP contribution < -0.4 is 9.64 Å². The first-order chi connectivity index (χ1) is 14.5. The van der Waals surface area contributed by atoms with Gasteiger partial charge in [0.2, 0.25) is 6.29 Å². The number of rotatable bonds is 5. The molecule has 0 saturated carbocycles. The SMILES string of the molecule is CCC(CCC(C)C)N1c2ccc(cc2)OC(O)c2ccc(cc2)-c2ccc1cc2. The van der Waals surface area contributed by atoms with Gasteiger partial charge in [0.25, 0.3) is 0 Å². The Morgan fingerprint density at radius 1 is 0.800 bits per heavy atom. The molecule has 0 aromatic heterocycles. The number of hydrogen-bond donors (Lipinski definition) is 1. The van der Waals surface area contributed by atoms with Gasteiger partial charge in [0.15, 0.2) is 0 Å². The van der Waals surface area contributed by atoms with Crippen LogP contribution in [0.15, 0.2) is 72.8 Å². The zero-order valence-electron chi connectivity index (χ0n) is 18.1. The number of aliphatic hydroxyl groups excluding tert-OH is 1. The molecule has 2 atom stereocenters. The van der Waals surface area contributed by atoms with Crippen LogP contribution in [0.1, 0.15) is 51.9 Å². The lowest BCUT2D eigenvalue weighted by atomic mass is 9.98. The second-order valence-electron chi connectivity index (χ2n) is 8.54. The van der Waals surface area contributed by atoms with Crippen LogP contribution >= 0.6 is 0 Å². The molecule has 8 rings (SSSR count). The molecule has 5 aliphatic rings. The predicted octanol–water partition coefficient (Wildman–Crippen LogP) is 7.09. The standard InChI is InChI=1S/C27H31NO2/c1-4-23(12-5-19(2)3)28-24-13-10-21(11-14-24)20-6-8-22(9-7-20)27(29)30-26-17-15-25(28)16-18-26/h6-11,13-19,23,27,29H,4-5,12H2,1-3H3. The van der Waals surface area contributed by atoms with E-state index < -0.39 is 6.29 Å². The first kappa shape index (κ1) is 20.5. The lowest BCUT2D eigenvalue weighted by Crippen LogP contribution is -2.31. The molecule has 3 nitrogen and oxygen atoms in total. The minimum atomic E-state index is -0.984. The quantitative estimate of drug-likeness (QED) is 0.495. The average molecular weight is 402 g/mol. The summed E-state index contributed by atoms with van der Waals surface area (Å²) >= 11 is 0. The van der Waals surface area contributed by atoms with E-state index in [4.69, 9.17) is 4.74 Å². The Morgan fingerprint density at radius 2 is 1.33 bits per heavy atom. The van der Waals surface area contributed by atoms with E-state index in [1.807, 2.05) is 36.4 Å². The largest absolute Gasteiger partial charge is 0.461 e. The van der Waals surface area contributed by atoms with Gasteiger partial charge in [0.1, 0.15) is 5.75 Å². The Hall–Kier alpha value is -2.78. The van der Waals surface area contributed by atoms with Crippen LogP contribution in [-0.4, -0.2) is 11.1 Å². The summed E-state index contributed by atoms with van der Waals surface area (Å²) in [6.45, 7) is 6.84. The van der Waals surface area contributed by atoms with E-state index >= 15 is 0 Å². The van der Waals surface area contributed by atoms with Gasteiger partial charge in [-0.15, -0.1) is 0 Å². The second kappa shape index (κ2) is 8.93. The molecule has 1 N–H and O–H groups in total. The fourth-order valence-corrected chi connectivity index (χ4v) is 4.15. The fraction of sp³-hybridized carbons (Fsp3) is 0.333. The van der Waals surface area contributed by atoms with Crippen LogP contribution in [0, 0.1) is 5.92 Å². The van der Waals surface area contributed by atoms with Crippen molar-refractivity contribution in [2.24, 2.45) is 5.92 Å². The molecule has 0 fully saturated rings. The van der Waals surface area contributed by atoms with Gasteiger partial charge in [-0.05, 0) is 72.7 Å². The van der Waals surface area contributed by atoms with Gasteiger partial charge in [0.05, 0.1) is 0 Å². The van der Waals surface area contributed by atoms with Crippen molar-refractivity contribution in [2.75, 3.05) is 4.90 Å². The number of benzene rings is 3. The molecular formula is C27H31NO2. The van der Waals surface area contributed by atoms with Gasteiger partial charge < -0.3 is 14.7 Å². The highest BCUT2D eigenvalue weighted by atomic mass is 16.6. The lowest BCUT2D eigenvalue weighted by Gasteiger charge is -2.34. The molecule has 5 aliphatic heterocycles. The highest BCUT2D eigenvalue weighted by Gasteiger charge is 2.21. The third-order valence-corrected chi connectivity index (χ3v) is 5.95. The van der Waals surface area contributed by atoms with Crippen molar-refractivity contribution in [3.8, 4) is 16.9 Å². The van der Waals surface area contributed by atoms with Gasteiger partial charge in [-0.25, -0.2) is 0 Å². The maximum atomic E-state index is 10.5. The molecule has 3 aromatic rings. The van der Waals surface area contributed by atoms with Gasteiger partial charge in [0, 0.05) is 23.0 Å². The van der Waals surface area contributed by atoms with Crippen molar-refractivity contribution in [2.45, 2.75) is 52.4 Å². The molecule has 30 heavy (non-hydrogen) atoms. The minimum absolute atomic E-state index is 0.421. The molecule has 5 heterocycles. The maximum Gasteiger partial charge on any atom is 0.224 e. The van der Waals surface area contributed by atoms with Crippen molar-refractivity contribution in [1.82, 2.24) is 0 Å². The third-order valence-electron chi connectivity index (χ3n) is 5.95. The first-order valence-corrected chi connectivity index (χ1v) is 11.0. The average Bonchev–Trinajstić information content (AvgIpc) is 2.78. The van der Waals surface area contributed by atoms with Crippen molar-refractivity contribution in [3.63, 3.8) is 0 Å². The maximum absolute atomic E-state index is 10.5. The van der Waals surface area contributed by atoms with Gasteiger partial charge in [-0.2, -0.15) is 0 Å². The number of aliphatic hydroxyl groups is 1. The van der Waals surface area contributed by atoms with Crippen LogP contribution in [0.25, 0.3) is 11.1 Å². The highest BCUT2D eigenvalue weighted by Crippen LogP contribution is 2.35. The Bertz CT molecular complexity index is 946. The molecule has 156 valence electrons. The van der Waals surface area contributed by atoms with E-state index in [0.717, 1.165) is 29.7 Å². The van der Waals surface area contributed by atoms with Crippen LogP contribution in [0.3, 0.4) is 0 Å². The Labute approximate surface area is 179 Å². The van der Waals surface area contributed by atoms with Crippen molar-refractivity contribution < 1.29 is 9.84 Å². The third kappa shape index (κ3) is 4.36. The Morgan fingerprint density at radius 3 is 1.87 bits per heavy atom. The summed E-state index contributed by atoms with van der Waals surface area (Å²) in [5.74, 6) is 1.35. The smallest absolute Gasteiger partial charge is 0.224 e. The molecule has 0 aliphatic carbocycles. The summed E-state index contributed by atoms with van der Waals surface area (Å²) in [6.07, 6.45) is 2.44. The molecular weight excluding hydrogens is 370 g/mol. The fourth-order valence-electron chi connectivity index (χ4n) is 4.15. The molecule has 0 radical (unpaired) electrons. The van der Waals surface area contributed by atoms with Gasteiger partial charge >= 0.3 is 0 Å². The predicted molar refractivity (Wildman–Crippen MR) is 124 cm³/mol. The summed E-state index contributed by atoms with van der Waals surface area (Å²) in [6, 6.07) is 25.2. The number of anilines is 2. The van der Waals surface area contributed by atoms with Gasteiger partial charge in [-0.3, -0.25) is 0 Å². The van der Waals surface area contributed by atoms with E-state index in [1.54, 1.807) is 0 Å². The van der Waals surface area contributed by atoms with Crippen LogP contribution in [0.4, 0.5) is 11.4 Å². The minimum Gasteiger partial charge on any atom is -0.461 e. The van der Waals surface area contributed by atoms with E-state index in [9.17, 15) is 5.11 Å². The molecule has 6 bridgehead atoms. The molecule has 0 amide bonds. The van der Waals surface area contributed by atoms with E-state index in [1.165, 1.54) is 17.7 Å². The molecule has 2 unspecified atom stereocenters. The summed E-state index contributed by atoms with van der Waals surface area (Å²) in [7, 11) is 0. The lowest BCUT2D eigenvalue weighted by molar-refractivity contribution is -0.0194. The number of fused-ring (bicyclic) bond motifs is 1. The van der Waals surface area contributed by atoms with Crippen LogP contribution in [0.5, 0.6) is 5.75 Å². The van der Waals surface area contributed by atoms with Crippen molar-refractivity contribution >= 4 is 11.4 Å². The number of hydrogen-bond acceptors (Lipinski definition) is 3. The van der Waals surface area contributed by atoms with Gasteiger partial charge in [-0.1, -0.05) is 57.2 Å². The number of nitrogens with zero attached hydrogens (tertiary/aromatic N) is 1. The second-order valence-corrected chi connectivity index (χ2v) is 8.54. The Balaban J connectivity index is 1.80. The topological polar surface area (TPSA) is 32.7 Å². The summed E-state index contributed by atoms with van der Waals surface area (Å²) in [5, 5.41) is 10.5. The summed E-state index contributed by atoms with van der Waals surface area (Å²) in [4.78, 5) is 2.45. The zero-order chi connectivity index (χ0) is 21.1. The summed E-state index contributed by atoms with van der Waals surface area (Å²) in [5.41, 5.74) is 5.39. The zero-order valence-corrected chi connectivity index (χ0v) is 18.1. The van der Waals surface area contributed by atoms with E-state index in [0.29, 0.717) is 17.7 Å². The molecule has 0 saturated heterocycles. The van der Waals surface area contributed by atoms with Crippen LogP contribution in [0.2, 0.25) is 0 Å².